The quantitative estimate of drug-likeness (QED) is 0.467. The molecule has 6 heteroatoms. The van der Waals surface area contributed by atoms with Gasteiger partial charge in [0, 0.05) is 6.54 Å². The van der Waals surface area contributed by atoms with E-state index in [-0.39, 0.29) is 5.69 Å². The predicted molar refractivity (Wildman–Crippen MR) is 126 cm³/mol. The number of fused-ring (bicyclic) bond motifs is 2. The van der Waals surface area contributed by atoms with Gasteiger partial charge >= 0.3 is 5.69 Å². The van der Waals surface area contributed by atoms with Crippen molar-refractivity contribution in [2.75, 3.05) is 0 Å². The molecule has 0 spiro atoms. The van der Waals surface area contributed by atoms with E-state index in [4.69, 9.17) is 0 Å². The van der Waals surface area contributed by atoms with Crippen LogP contribution in [-0.2, 0) is 19.4 Å². The third-order valence-corrected chi connectivity index (χ3v) is 5.28. The van der Waals surface area contributed by atoms with Crippen LogP contribution in [0.25, 0.3) is 22.6 Å². The second-order valence-corrected chi connectivity index (χ2v) is 7.41. The zero-order valence-electron chi connectivity index (χ0n) is 18.7. The number of benzene rings is 2. The largest absolute Gasteiger partial charge is 0.349 e. The number of aromatic amines is 1. The van der Waals surface area contributed by atoms with Crippen LogP contribution in [0.2, 0.25) is 0 Å². The Morgan fingerprint density at radius 3 is 2.45 bits per heavy atom. The van der Waals surface area contributed by atoms with Crippen molar-refractivity contribution in [2.24, 2.45) is 0 Å². The van der Waals surface area contributed by atoms with Gasteiger partial charge in [-0.3, -0.25) is 9.78 Å². The van der Waals surface area contributed by atoms with Gasteiger partial charge in [0.05, 0.1) is 11.0 Å². The molecular weight excluding hydrogens is 388 g/mol. The Labute approximate surface area is 182 Å². The van der Waals surface area contributed by atoms with Gasteiger partial charge in [-0.05, 0) is 55.0 Å². The van der Waals surface area contributed by atoms with Crippen LogP contribution in [-0.4, -0.2) is 19.5 Å². The van der Waals surface area contributed by atoms with Gasteiger partial charge in [-0.25, -0.2) is 9.78 Å². The summed E-state index contributed by atoms with van der Waals surface area (Å²) in [7, 11) is 0. The summed E-state index contributed by atoms with van der Waals surface area (Å²) >= 11 is 0. The maximum Gasteiger partial charge on any atom is 0.349 e. The van der Waals surface area contributed by atoms with E-state index in [1.807, 2.05) is 42.7 Å². The first-order valence-corrected chi connectivity index (χ1v) is 11.0. The SMILES string of the molecule is CC.CCCc1cc2c(cc1C)nc1c(=O)[nH]c(=O)nc-1n2CCCc1ccccc1. The Morgan fingerprint density at radius 2 is 1.74 bits per heavy atom. The summed E-state index contributed by atoms with van der Waals surface area (Å²) in [6.07, 6.45) is 3.78. The fraction of sp³-hybridized carbons (Fsp3) is 0.360. The van der Waals surface area contributed by atoms with Crippen molar-refractivity contribution in [3.05, 3.63) is 80.0 Å². The fourth-order valence-corrected chi connectivity index (χ4v) is 3.84. The summed E-state index contributed by atoms with van der Waals surface area (Å²) in [6, 6.07) is 14.4. The van der Waals surface area contributed by atoms with Gasteiger partial charge < -0.3 is 4.57 Å². The van der Waals surface area contributed by atoms with E-state index >= 15 is 0 Å². The van der Waals surface area contributed by atoms with E-state index < -0.39 is 11.2 Å². The number of hydrogen-bond acceptors (Lipinski definition) is 4. The first kappa shape index (κ1) is 22.4. The van der Waals surface area contributed by atoms with Crippen LogP contribution in [0.15, 0.2) is 52.1 Å². The molecule has 4 rings (SSSR count). The average Bonchev–Trinajstić information content (AvgIpc) is 2.77. The summed E-state index contributed by atoms with van der Waals surface area (Å²) in [5.41, 5.74) is 4.41. The molecule has 162 valence electrons. The predicted octanol–water partition coefficient (Wildman–Crippen LogP) is 4.50. The maximum atomic E-state index is 12.4. The van der Waals surface area contributed by atoms with Gasteiger partial charge in [-0.15, -0.1) is 0 Å². The molecule has 0 saturated carbocycles. The summed E-state index contributed by atoms with van der Waals surface area (Å²) in [4.78, 5) is 35.2. The molecular formula is C25H30N4O2. The smallest absolute Gasteiger partial charge is 0.322 e. The van der Waals surface area contributed by atoms with Crippen LogP contribution in [0.1, 0.15) is 50.3 Å². The highest BCUT2D eigenvalue weighted by molar-refractivity contribution is 5.81. The number of aromatic nitrogens is 4. The summed E-state index contributed by atoms with van der Waals surface area (Å²) in [6.45, 7) is 8.87. The van der Waals surface area contributed by atoms with Gasteiger partial charge in [0.25, 0.3) is 5.56 Å². The monoisotopic (exact) mass is 418 g/mol. The van der Waals surface area contributed by atoms with Crippen LogP contribution in [0.3, 0.4) is 0 Å². The van der Waals surface area contributed by atoms with E-state index in [2.05, 4.69) is 47.0 Å². The molecule has 0 unspecified atom stereocenters. The standard InChI is InChI=1S/C23H24N4O2.C2H6/c1-3-8-17-14-19-18(13-15(17)2)24-20-21(25-23(29)26-22(20)28)27(19)12-7-11-16-9-5-4-6-10-16;1-2/h4-6,9-10,13-14H,3,7-8,11-12H2,1-2H3,(H,26,28,29);1-2H3. The molecule has 2 aromatic rings. The molecule has 0 saturated heterocycles. The second-order valence-electron chi connectivity index (χ2n) is 7.41. The van der Waals surface area contributed by atoms with Crippen molar-refractivity contribution >= 4 is 11.0 Å². The second kappa shape index (κ2) is 10.2. The molecule has 31 heavy (non-hydrogen) atoms. The molecule has 0 aliphatic carbocycles. The Hall–Kier alpha value is -3.28. The van der Waals surface area contributed by atoms with Crippen LogP contribution in [0.4, 0.5) is 0 Å². The fourth-order valence-electron chi connectivity index (χ4n) is 3.84. The van der Waals surface area contributed by atoms with Crippen LogP contribution in [0, 0.1) is 6.92 Å². The van der Waals surface area contributed by atoms with E-state index in [0.29, 0.717) is 12.4 Å². The molecule has 2 aliphatic heterocycles. The average molecular weight is 419 g/mol. The van der Waals surface area contributed by atoms with Crippen molar-refractivity contribution < 1.29 is 0 Å². The number of nitrogens with zero attached hydrogens (tertiary/aromatic N) is 3. The molecule has 2 heterocycles. The Morgan fingerprint density at radius 1 is 1.00 bits per heavy atom. The van der Waals surface area contributed by atoms with Crippen LogP contribution < -0.4 is 11.2 Å². The number of H-pyrrole nitrogens is 1. The molecule has 2 aliphatic rings. The molecule has 0 aromatic heterocycles. The van der Waals surface area contributed by atoms with E-state index in [1.54, 1.807) is 0 Å². The van der Waals surface area contributed by atoms with E-state index in [9.17, 15) is 9.59 Å². The minimum Gasteiger partial charge on any atom is -0.322 e. The number of nitrogens with one attached hydrogen (secondary N) is 1. The lowest BCUT2D eigenvalue weighted by molar-refractivity contribution is 0.648. The van der Waals surface area contributed by atoms with E-state index in [0.717, 1.165) is 42.3 Å². The maximum absolute atomic E-state index is 12.4. The first-order valence-electron chi connectivity index (χ1n) is 11.0. The summed E-state index contributed by atoms with van der Waals surface area (Å²) in [5, 5.41) is 0. The third kappa shape index (κ3) is 4.90. The molecule has 0 atom stereocenters. The van der Waals surface area contributed by atoms with Crippen LogP contribution in [0.5, 0.6) is 0 Å². The molecule has 1 N–H and O–H groups in total. The Kier molecular flexibility index (Phi) is 7.34. The summed E-state index contributed by atoms with van der Waals surface area (Å²) < 4.78 is 1.98. The number of rotatable bonds is 6. The molecule has 0 radical (unpaired) electrons. The molecule has 6 nitrogen and oxygen atoms in total. The zero-order chi connectivity index (χ0) is 22.4. The lowest BCUT2D eigenvalue weighted by atomic mass is 10.0. The highest BCUT2D eigenvalue weighted by atomic mass is 16.2. The van der Waals surface area contributed by atoms with E-state index in [1.165, 1.54) is 11.1 Å². The van der Waals surface area contributed by atoms with Gasteiger partial charge in [-0.1, -0.05) is 57.5 Å². The summed E-state index contributed by atoms with van der Waals surface area (Å²) in [5.74, 6) is 0.352. The zero-order valence-corrected chi connectivity index (χ0v) is 18.7. The normalized spacial score (nSPS) is 10.8. The lowest BCUT2D eigenvalue weighted by Crippen LogP contribution is -2.29. The number of aryl methyl sites for hydroxylation is 4. The third-order valence-electron chi connectivity index (χ3n) is 5.28. The van der Waals surface area contributed by atoms with Gasteiger partial charge in [0.15, 0.2) is 11.5 Å². The van der Waals surface area contributed by atoms with Crippen molar-refractivity contribution in [1.82, 2.24) is 19.5 Å². The van der Waals surface area contributed by atoms with Crippen molar-refractivity contribution in [1.29, 1.82) is 0 Å². The highest BCUT2D eigenvalue weighted by Crippen LogP contribution is 2.25. The van der Waals surface area contributed by atoms with Crippen molar-refractivity contribution in [3.63, 3.8) is 0 Å². The molecule has 0 amide bonds. The van der Waals surface area contributed by atoms with Gasteiger partial charge in [-0.2, -0.15) is 4.98 Å². The Balaban J connectivity index is 0.00000132. The van der Waals surface area contributed by atoms with Crippen molar-refractivity contribution in [2.45, 2.75) is 59.9 Å². The first-order chi connectivity index (χ1) is 15.1. The Bertz CT molecular complexity index is 1240. The van der Waals surface area contributed by atoms with Crippen LogP contribution >= 0.6 is 0 Å². The topological polar surface area (TPSA) is 80.6 Å². The molecule has 0 fully saturated rings. The molecule has 0 bridgehead atoms. The van der Waals surface area contributed by atoms with Crippen molar-refractivity contribution in [3.8, 4) is 11.5 Å². The lowest BCUT2D eigenvalue weighted by Gasteiger charge is -2.18. The highest BCUT2D eigenvalue weighted by Gasteiger charge is 2.19. The number of hydrogen-bond donors (Lipinski definition) is 1. The van der Waals surface area contributed by atoms with Gasteiger partial charge in [0.1, 0.15) is 0 Å². The minimum atomic E-state index is -0.638. The minimum absolute atomic E-state index is 0.208. The van der Waals surface area contributed by atoms with Gasteiger partial charge in [0.2, 0.25) is 0 Å². The molecule has 2 aromatic carbocycles.